The zero-order valence-corrected chi connectivity index (χ0v) is 12.5. The van der Waals surface area contributed by atoms with Gasteiger partial charge in [0, 0.05) is 18.9 Å². The second kappa shape index (κ2) is 6.30. The van der Waals surface area contributed by atoms with E-state index in [4.69, 9.17) is 11.6 Å². The maximum Gasteiger partial charge on any atom is 0.163 e. The number of hydrogen-bond acceptors (Lipinski definition) is 5. The Kier molecular flexibility index (Phi) is 4.69. The van der Waals surface area contributed by atoms with Crippen LogP contribution in [0.25, 0.3) is 0 Å². The number of aliphatic hydroxyl groups is 1. The average Bonchev–Trinajstić information content (AvgIpc) is 2.77. The van der Waals surface area contributed by atoms with Gasteiger partial charge in [0.05, 0.1) is 23.5 Å². The molecule has 1 N–H and O–H groups in total. The molecule has 0 spiro atoms. The van der Waals surface area contributed by atoms with E-state index in [0.717, 1.165) is 12.1 Å². The number of aromatic nitrogens is 4. The minimum absolute atomic E-state index is 0.323. The molecule has 0 aromatic carbocycles. The van der Waals surface area contributed by atoms with Crippen molar-refractivity contribution in [3.63, 3.8) is 0 Å². The molecule has 0 aliphatic rings. The zero-order valence-electron chi connectivity index (χ0n) is 11.8. The summed E-state index contributed by atoms with van der Waals surface area (Å²) in [6.45, 7) is 3.33. The fourth-order valence-electron chi connectivity index (χ4n) is 1.78. The fourth-order valence-corrected chi connectivity index (χ4v) is 2.03. The van der Waals surface area contributed by atoms with Crippen LogP contribution in [0.15, 0.2) is 18.6 Å². The van der Waals surface area contributed by atoms with Gasteiger partial charge in [0.25, 0.3) is 0 Å². The summed E-state index contributed by atoms with van der Waals surface area (Å²) in [4.78, 5) is 10.3. The molecule has 0 fully saturated rings. The monoisotopic (exact) mass is 295 g/mol. The molecule has 6 nitrogen and oxygen atoms in total. The smallest absolute Gasteiger partial charge is 0.163 e. The van der Waals surface area contributed by atoms with Gasteiger partial charge in [0.2, 0.25) is 0 Å². The molecule has 1 atom stereocenters. The molecule has 0 amide bonds. The number of aryl methyl sites for hydroxylation is 1. The standard InChI is InChI=1S/C13H18ClN5O/c1-9-6-15-13(16-7-9)12(20)11-10(14)8-17-19(11)5-4-18(2)3/h6-8,12,20H,4-5H2,1-3H3. The van der Waals surface area contributed by atoms with E-state index in [0.29, 0.717) is 23.1 Å². The van der Waals surface area contributed by atoms with Crippen molar-refractivity contribution in [1.82, 2.24) is 24.6 Å². The van der Waals surface area contributed by atoms with E-state index in [1.54, 1.807) is 17.1 Å². The lowest BCUT2D eigenvalue weighted by Gasteiger charge is -2.15. The summed E-state index contributed by atoms with van der Waals surface area (Å²) in [5.74, 6) is 0.323. The van der Waals surface area contributed by atoms with Crippen molar-refractivity contribution in [3.05, 3.63) is 40.7 Å². The minimum Gasteiger partial charge on any atom is -0.379 e. The Labute approximate surface area is 123 Å². The summed E-state index contributed by atoms with van der Waals surface area (Å²) in [5.41, 5.74) is 1.46. The lowest BCUT2D eigenvalue weighted by molar-refractivity contribution is 0.196. The van der Waals surface area contributed by atoms with Crippen LogP contribution in [-0.4, -0.2) is 50.4 Å². The maximum atomic E-state index is 10.4. The SMILES string of the molecule is Cc1cnc(C(O)c2c(Cl)cnn2CCN(C)C)nc1. The van der Waals surface area contributed by atoms with Crippen LogP contribution < -0.4 is 0 Å². The van der Waals surface area contributed by atoms with Crippen molar-refractivity contribution >= 4 is 11.6 Å². The van der Waals surface area contributed by atoms with Crippen LogP contribution >= 0.6 is 11.6 Å². The lowest BCUT2D eigenvalue weighted by atomic mass is 10.2. The van der Waals surface area contributed by atoms with Crippen molar-refractivity contribution < 1.29 is 5.11 Å². The van der Waals surface area contributed by atoms with Crippen molar-refractivity contribution in [2.45, 2.75) is 19.6 Å². The second-order valence-corrected chi connectivity index (χ2v) is 5.33. The lowest BCUT2D eigenvalue weighted by Crippen LogP contribution is -2.21. The van der Waals surface area contributed by atoms with Crippen LogP contribution in [0.1, 0.15) is 23.2 Å². The van der Waals surface area contributed by atoms with Crippen molar-refractivity contribution in [3.8, 4) is 0 Å². The highest BCUT2D eigenvalue weighted by Crippen LogP contribution is 2.26. The van der Waals surface area contributed by atoms with Gasteiger partial charge in [-0.2, -0.15) is 5.10 Å². The Morgan fingerprint density at radius 1 is 1.30 bits per heavy atom. The highest BCUT2D eigenvalue weighted by molar-refractivity contribution is 6.31. The third-order valence-corrected chi connectivity index (χ3v) is 3.19. The molecule has 0 saturated heterocycles. The van der Waals surface area contributed by atoms with Gasteiger partial charge in [0.15, 0.2) is 11.9 Å². The van der Waals surface area contributed by atoms with E-state index in [2.05, 4.69) is 15.1 Å². The Bertz CT molecular complexity index is 567. The van der Waals surface area contributed by atoms with Crippen LogP contribution in [0.5, 0.6) is 0 Å². The quantitative estimate of drug-likeness (QED) is 0.900. The summed E-state index contributed by atoms with van der Waals surface area (Å²) >= 11 is 6.12. The van der Waals surface area contributed by atoms with Crippen LogP contribution in [0.3, 0.4) is 0 Å². The summed E-state index contributed by atoms with van der Waals surface area (Å²) in [7, 11) is 3.95. The molecule has 2 aromatic heterocycles. The molecule has 20 heavy (non-hydrogen) atoms. The molecule has 2 heterocycles. The largest absolute Gasteiger partial charge is 0.379 e. The van der Waals surface area contributed by atoms with E-state index < -0.39 is 6.10 Å². The Hall–Kier alpha value is -1.50. The fraction of sp³-hybridized carbons (Fsp3) is 0.462. The van der Waals surface area contributed by atoms with E-state index in [9.17, 15) is 5.11 Å². The van der Waals surface area contributed by atoms with Gasteiger partial charge in [-0.3, -0.25) is 4.68 Å². The maximum absolute atomic E-state index is 10.4. The first kappa shape index (κ1) is 14.9. The molecule has 2 aromatic rings. The molecule has 0 saturated carbocycles. The molecule has 1 unspecified atom stereocenters. The van der Waals surface area contributed by atoms with Gasteiger partial charge in [-0.15, -0.1) is 0 Å². The van der Waals surface area contributed by atoms with Crippen LogP contribution in [0.2, 0.25) is 5.02 Å². The summed E-state index contributed by atoms with van der Waals surface area (Å²) in [6, 6.07) is 0. The highest BCUT2D eigenvalue weighted by atomic mass is 35.5. The number of nitrogens with zero attached hydrogens (tertiary/aromatic N) is 5. The molecule has 0 aliphatic heterocycles. The zero-order chi connectivity index (χ0) is 14.7. The van der Waals surface area contributed by atoms with Crippen molar-refractivity contribution in [2.75, 3.05) is 20.6 Å². The topological polar surface area (TPSA) is 67.1 Å². The number of likely N-dealkylation sites (N-methyl/N-ethyl adjacent to an activating group) is 1. The van der Waals surface area contributed by atoms with Crippen LogP contribution in [-0.2, 0) is 6.54 Å². The molecule has 0 aliphatic carbocycles. The Morgan fingerprint density at radius 3 is 2.55 bits per heavy atom. The van der Waals surface area contributed by atoms with Gasteiger partial charge in [-0.25, -0.2) is 9.97 Å². The predicted octanol–water partition coefficient (Wildman–Crippen LogP) is 1.28. The first-order valence-electron chi connectivity index (χ1n) is 6.31. The first-order valence-corrected chi connectivity index (χ1v) is 6.69. The molecular weight excluding hydrogens is 278 g/mol. The summed E-state index contributed by atoms with van der Waals surface area (Å²) in [6.07, 6.45) is 3.89. The molecule has 0 radical (unpaired) electrons. The van der Waals surface area contributed by atoms with Gasteiger partial charge < -0.3 is 10.0 Å². The van der Waals surface area contributed by atoms with Crippen LogP contribution in [0.4, 0.5) is 0 Å². The Morgan fingerprint density at radius 2 is 1.95 bits per heavy atom. The highest BCUT2D eigenvalue weighted by Gasteiger charge is 2.22. The van der Waals surface area contributed by atoms with Crippen molar-refractivity contribution in [1.29, 1.82) is 0 Å². The average molecular weight is 296 g/mol. The van der Waals surface area contributed by atoms with Gasteiger partial charge in [-0.1, -0.05) is 11.6 Å². The van der Waals surface area contributed by atoms with Gasteiger partial charge in [-0.05, 0) is 26.6 Å². The third kappa shape index (κ3) is 3.33. The molecule has 108 valence electrons. The number of aliphatic hydroxyl groups excluding tert-OH is 1. The molecule has 2 rings (SSSR count). The van der Waals surface area contributed by atoms with Gasteiger partial charge in [0.1, 0.15) is 0 Å². The number of halogens is 1. The number of hydrogen-bond donors (Lipinski definition) is 1. The van der Waals surface area contributed by atoms with Crippen LogP contribution in [0, 0.1) is 6.92 Å². The molecular formula is C13H18ClN5O. The number of rotatable bonds is 5. The van der Waals surface area contributed by atoms with Gasteiger partial charge >= 0.3 is 0 Å². The minimum atomic E-state index is -0.979. The van der Waals surface area contributed by atoms with E-state index in [1.807, 2.05) is 25.9 Å². The van der Waals surface area contributed by atoms with E-state index >= 15 is 0 Å². The summed E-state index contributed by atoms with van der Waals surface area (Å²) in [5, 5.41) is 15.0. The normalized spacial score (nSPS) is 12.9. The van der Waals surface area contributed by atoms with E-state index in [-0.39, 0.29) is 0 Å². The molecule has 0 bridgehead atoms. The van der Waals surface area contributed by atoms with E-state index in [1.165, 1.54) is 6.20 Å². The first-order chi connectivity index (χ1) is 9.49. The predicted molar refractivity (Wildman–Crippen MR) is 76.6 cm³/mol. The molecule has 7 heteroatoms. The van der Waals surface area contributed by atoms with Crippen molar-refractivity contribution in [2.24, 2.45) is 0 Å². The third-order valence-electron chi connectivity index (χ3n) is 2.90. The Balaban J connectivity index is 2.26. The second-order valence-electron chi connectivity index (χ2n) is 4.93. The summed E-state index contributed by atoms with van der Waals surface area (Å²) < 4.78 is 1.69.